The number of nitrogens with zero attached hydrogens (tertiary/aromatic N) is 2. The fourth-order valence-corrected chi connectivity index (χ4v) is 2.40. The number of amides is 1. The molecule has 21 heavy (non-hydrogen) atoms. The monoisotopic (exact) mass is 296 g/mol. The Bertz CT molecular complexity index is 520. The first kappa shape index (κ1) is 15.6. The second-order valence-electron chi connectivity index (χ2n) is 5.66. The molecule has 0 radical (unpaired) electrons. The summed E-state index contributed by atoms with van der Waals surface area (Å²) in [5.41, 5.74) is -0.895. The van der Waals surface area contributed by atoms with Crippen LogP contribution in [0.15, 0.2) is 18.2 Å². The minimum atomic E-state index is -1.37. The second-order valence-corrected chi connectivity index (χ2v) is 5.66. The van der Waals surface area contributed by atoms with E-state index in [9.17, 15) is 14.3 Å². The first-order chi connectivity index (χ1) is 9.82. The quantitative estimate of drug-likeness (QED) is 0.912. The number of carbonyl (C=O) groups excluding carboxylic acids is 1. The second kappa shape index (κ2) is 5.89. The van der Waals surface area contributed by atoms with Gasteiger partial charge in [-0.1, -0.05) is 0 Å². The molecule has 1 aliphatic rings. The summed E-state index contributed by atoms with van der Waals surface area (Å²) in [6, 6.07) is 4.61. The molecule has 0 saturated carbocycles. The van der Waals surface area contributed by atoms with Crippen LogP contribution in [0.25, 0.3) is 0 Å². The van der Waals surface area contributed by atoms with Crippen LogP contribution in [0, 0.1) is 5.82 Å². The van der Waals surface area contributed by atoms with E-state index in [4.69, 9.17) is 4.74 Å². The maximum absolute atomic E-state index is 13.9. The smallest absolute Gasteiger partial charge is 0.254 e. The van der Waals surface area contributed by atoms with Gasteiger partial charge in [-0.15, -0.1) is 0 Å². The molecule has 0 atom stereocenters. The third-order valence-corrected chi connectivity index (χ3v) is 3.58. The van der Waals surface area contributed by atoms with Gasteiger partial charge in [-0.2, -0.15) is 0 Å². The molecule has 6 heteroatoms. The number of ether oxygens (including phenoxy) is 1. The molecule has 5 nitrogen and oxygen atoms in total. The van der Waals surface area contributed by atoms with Gasteiger partial charge in [0.05, 0.1) is 12.8 Å². The fourth-order valence-electron chi connectivity index (χ4n) is 2.40. The maximum atomic E-state index is 13.9. The van der Waals surface area contributed by atoms with Gasteiger partial charge in [0, 0.05) is 32.2 Å². The molecule has 1 heterocycles. The van der Waals surface area contributed by atoms with Crippen molar-refractivity contribution >= 4 is 11.6 Å². The SMILES string of the molecule is COc1ccc(F)c(N2CCN(C(=O)C(C)(C)O)CC2)c1. The Morgan fingerprint density at radius 1 is 1.29 bits per heavy atom. The summed E-state index contributed by atoms with van der Waals surface area (Å²) in [7, 11) is 1.54. The molecule has 0 unspecified atom stereocenters. The fraction of sp³-hybridized carbons (Fsp3) is 0.533. The van der Waals surface area contributed by atoms with Gasteiger partial charge in [0.2, 0.25) is 0 Å². The number of hydrogen-bond acceptors (Lipinski definition) is 4. The molecule has 1 aliphatic heterocycles. The third kappa shape index (κ3) is 3.44. The van der Waals surface area contributed by atoms with Crippen LogP contribution >= 0.6 is 0 Å². The van der Waals surface area contributed by atoms with Gasteiger partial charge >= 0.3 is 0 Å². The van der Waals surface area contributed by atoms with Crippen LogP contribution in [-0.4, -0.2) is 54.8 Å². The first-order valence-corrected chi connectivity index (χ1v) is 6.93. The molecule has 1 amide bonds. The molecule has 0 bridgehead atoms. The topological polar surface area (TPSA) is 53.0 Å². The van der Waals surface area contributed by atoms with Gasteiger partial charge in [-0.05, 0) is 26.0 Å². The number of aliphatic hydroxyl groups is 1. The molecule has 116 valence electrons. The maximum Gasteiger partial charge on any atom is 0.254 e. The number of hydrogen-bond donors (Lipinski definition) is 1. The molecule has 0 aromatic heterocycles. The van der Waals surface area contributed by atoms with Crippen molar-refractivity contribution in [1.29, 1.82) is 0 Å². The average molecular weight is 296 g/mol. The van der Waals surface area contributed by atoms with Crippen molar-refractivity contribution < 1.29 is 19.0 Å². The van der Waals surface area contributed by atoms with E-state index in [1.165, 1.54) is 27.0 Å². The molecular formula is C15H21FN2O3. The highest BCUT2D eigenvalue weighted by atomic mass is 19.1. The number of methoxy groups -OCH3 is 1. The number of halogens is 1. The van der Waals surface area contributed by atoms with Crippen molar-refractivity contribution in [2.75, 3.05) is 38.2 Å². The van der Waals surface area contributed by atoms with E-state index in [2.05, 4.69) is 0 Å². The number of benzene rings is 1. The Hall–Kier alpha value is -1.82. The molecule has 1 fully saturated rings. The van der Waals surface area contributed by atoms with Gasteiger partial charge < -0.3 is 19.6 Å². The lowest BCUT2D eigenvalue weighted by Gasteiger charge is -2.38. The zero-order valence-corrected chi connectivity index (χ0v) is 12.6. The summed E-state index contributed by atoms with van der Waals surface area (Å²) >= 11 is 0. The summed E-state index contributed by atoms with van der Waals surface area (Å²) < 4.78 is 19.0. The Kier molecular flexibility index (Phi) is 4.37. The van der Waals surface area contributed by atoms with Crippen LogP contribution in [0.1, 0.15) is 13.8 Å². The highest BCUT2D eigenvalue weighted by Crippen LogP contribution is 2.26. The van der Waals surface area contributed by atoms with Gasteiger partial charge in [0.1, 0.15) is 17.2 Å². The molecular weight excluding hydrogens is 275 g/mol. The summed E-state index contributed by atoms with van der Waals surface area (Å²) in [6.45, 7) is 4.91. The van der Waals surface area contributed by atoms with Gasteiger partial charge in [0.15, 0.2) is 0 Å². The Balaban J connectivity index is 2.06. The minimum Gasteiger partial charge on any atom is -0.497 e. The van der Waals surface area contributed by atoms with Gasteiger partial charge in [-0.25, -0.2) is 4.39 Å². The number of carbonyl (C=O) groups is 1. The zero-order chi connectivity index (χ0) is 15.6. The molecule has 1 N–H and O–H groups in total. The average Bonchev–Trinajstić information content (AvgIpc) is 2.46. The lowest BCUT2D eigenvalue weighted by molar-refractivity contribution is -0.148. The minimum absolute atomic E-state index is 0.298. The summed E-state index contributed by atoms with van der Waals surface area (Å²) in [4.78, 5) is 15.5. The molecule has 2 rings (SSSR count). The van der Waals surface area contributed by atoms with Crippen LogP contribution in [0.3, 0.4) is 0 Å². The molecule has 0 spiro atoms. The molecule has 1 saturated heterocycles. The van der Waals surface area contributed by atoms with Crippen LogP contribution < -0.4 is 9.64 Å². The van der Waals surface area contributed by atoms with Crippen LogP contribution in [0.4, 0.5) is 10.1 Å². The van der Waals surface area contributed by atoms with E-state index in [0.717, 1.165) is 0 Å². The van der Waals surface area contributed by atoms with Crippen molar-refractivity contribution in [3.05, 3.63) is 24.0 Å². The van der Waals surface area contributed by atoms with E-state index in [0.29, 0.717) is 37.6 Å². The number of piperazine rings is 1. The van der Waals surface area contributed by atoms with Crippen molar-refractivity contribution in [1.82, 2.24) is 4.90 Å². The van der Waals surface area contributed by atoms with Gasteiger partial charge in [-0.3, -0.25) is 4.79 Å². The van der Waals surface area contributed by atoms with Crippen molar-refractivity contribution in [2.45, 2.75) is 19.4 Å². The first-order valence-electron chi connectivity index (χ1n) is 6.93. The van der Waals surface area contributed by atoms with Gasteiger partial charge in [0.25, 0.3) is 5.91 Å². The van der Waals surface area contributed by atoms with Crippen molar-refractivity contribution in [3.8, 4) is 5.75 Å². The van der Waals surface area contributed by atoms with Crippen LogP contribution in [-0.2, 0) is 4.79 Å². The summed E-state index contributed by atoms with van der Waals surface area (Å²) in [6.07, 6.45) is 0. The Morgan fingerprint density at radius 2 is 1.90 bits per heavy atom. The standard InChI is InChI=1S/C15H21FN2O3/c1-15(2,20)14(19)18-8-6-17(7-9-18)13-10-11(21-3)4-5-12(13)16/h4-5,10,20H,6-9H2,1-3H3. The summed E-state index contributed by atoms with van der Waals surface area (Å²) in [5.74, 6) is -0.00673. The predicted octanol–water partition coefficient (Wildman–Crippen LogP) is 1.25. The van der Waals surface area contributed by atoms with E-state index in [-0.39, 0.29) is 11.7 Å². The Labute approximate surface area is 123 Å². The molecule has 0 aliphatic carbocycles. The summed E-state index contributed by atoms with van der Waals surface area (Å²) in [5, 5.41) is 9.75. The predicted molar refractivity (Wildman–Crippen MR) is 78.0 cm³/mol. The zero-order valence-electron chi connectivity index (χ0n) is 12.6. The third-order valence-electron chi connectivity index (χ3n) is 3.58. The van der Waals surface area contributed by atoms with Crippen LogP contribution in [0.5, 0.6) is 5.75 Å². The van der Waals surface area contributed by atoms with Crippen molar-refractivity contribution in [3.63, 3.8) is 0 Å². The number of rotatable bonds is 3. The normalized spacial score (nSPS) is 16.0. The van der Waals surface area contributed by atoms with E-state index >= 15 is 0 Å². The highest BCUT2D eigenvalue weighted by Gasteiger charge is 2.31. The largest absolute Gasteiger partial charge is 0.497 e. The number of anilines is 1. The van der Waals surface area contributed by atoms with Crippen molar-refractivity contribution in [2.24, 2.45) is 0 Å². The lowest BCUT2D eigenvalue weighted by Crippen LogP contribution is -2.54. The van der Waals surface area contributed by atoms with E-state index in [1.807, 2.05) is 4.90 Å². The molecule has 1 aromatic rings. The van der Waals surface area contributed by atoms with Crippen LogP contribution in [0.2, 0.25) is 0 Å². The Morgan fingerprint density at radius 3 is 2.43 bits per heavy atom. The molecule has 1 aromatic carbocycles. The highest BCUT2D eigenvalue weighted by molar-refractivity contribution is 5.84. The van der Waals surface area contributed by atoms with E-state index in [1.54, 1.807) is 17.0 Å². The lowest BCUT2D eigenvalue weighted by atomic mass is 10.1. The van der Waals surface area contributed by atoms with E-state index < -0.39 is 5.60 Å².